The van der Waals surface area contributed by atoms with Crippen LogP contribution in [0.3, 0.4) is 0 Å². The molecule has 1 fully saturated rings. The van der Waals surface area contributed by atoms with E-state index in [1.807, 2.05) is 13.0 Å². The molecule has 0 atom stereocenters. The van der Waals surface area contributed by atoms with E-state index in [1.165, 1.54) is 38.2 Å². The maximum atomic E-state index is 11.8. The number of aryl methyl sites for hydroxylation is 1. The lowest BCUT2D eigenvalue weighted by molar-refractivity contribution is 0.111. The fourth-order valence-corrected chi connectivity index (χ4v) is 3.91. The zero-order valence-corrected chi connectivity index (χ0v) is 16.1. The van der Waals surface area contributed by atoms with E-state index in [-0.39, 0.29) is 23.8 Å². The molecule has 1 heterocycles. The Morgan fingerprint density at radius 2 is 1.92 bits per heavy atom. The summed E-state index contributed by atoms with van der Waals surface area (Å²) in [5, 5.41) is 11.3. The van der Waals surface area contributed by atoms with Gasteiger partial charge in [0.1, 0.15) is 11.3 Å². The summed E-state index contributed by atoms with van der Waals surface area (Å²) in [6.45, 7) is 6.90. The Morgan fingerprint density at radius 1 is 1.24 bits per heavy atom. The van der Waals surface area contributed by atoms with E-state index < -0.39 is 0 Å². The molecule has 138 valence electrons. The summed E-state index contributed by atoms with van der Waals surface area (Å²) in [6, 6.07) is 5.95. The normalized spacial score (nSPS) is 15.7. The van der Waals surface area contributed by atoms with E-state index in [4.69, 9.17) is 4.42 Å². The maximum absolute atomic E-state index is 11.8. The van der Waals surface area contributed by atoms with Gasteiger partial charge >= 0.3 is 5.63 Å². The number of phenolic OH excluding ortho intramolecular Hbond substituents is 1. The van der Waals surface area contributed by atoms with Gasteiger partial charge < -0.3 is 9.52 Å². The molecule has 1 N–H and O–H groups in total. The quantitative estimate of drug-likeness (QED) is 0.793. The number of aromatic hydroxyl groups is 1. The molecule has 0 unspecified atom stereocenters. The number of fused-ring (bicyclic) bond motifs is 1. The minimum atomic E-state index is -0.361. The SMILES string of the molecule is Cc1cc(=O)oc2c(CN(C(C)C)C3CCCCC3)c(O)ccc12.Cl. The molecule has 0 bridgehead atoms. The molecule has 0 amide bonds. The molecule has 0 spiro atoms. The molecule has 1 aromatic carbocycles. The lowest BCUT2D eigenvalue weighted by atomic mass is 9.92. The Bertz CT molecular complexity index is 778. The van der Waals surface area contributed by atoms with Crippen LogP contribution in [0, 0.1) is 6.92 Å². The monoisotopic (exact) mass is 365 g/mol. The van der Waals surface area contributed by atoms with Crippen molar-refractivity contribution in [3.8, 4) is 5.75 Å². The van der Waals surface area contributed by atoms with Crippen molar-refractivity contribution in [3.05, 3.63) is 39.7 Å². The largest absolute Gasteiger partial charge is 0.507 e. The van der Waals surface area contributed by atoms with Crippen LogP contribution in [0.5, 0.6) is 5.75 Å². The molecule has 3 rings (SSSR count). The van der Waals surface area contributed by atoms with Crippen molar-refractivity contribution < 1.29 is 9.52 Å². The average molecular weight is 366 g/mol. The van der Waals surface area contributed by atoms with E-state index in [9.17, 15) is 9.90 Å². The second kappa shape index (κ2) is 8.24. The maximum Gasteiger partial charge on any atom is 0.336 e. The number of benzene rings is 1. The lowest BCUT2D eigenvalue weighted by Crippen LogP contribution is -2.41. The first-order valence-corrected chi connectivity index (χ1v) is 8.98. The van der Waals surface area contributed by atoms with Crippen LogP contribution in [0.2, 0.25) is 0 Å². The fraction of sp³-hybridized carbons (Fsp3) is 0.550. The smallest absolute Gasteiger partial charge is 0.336 e. The van der Waals surface area contributed by atoms with Gasteiger partial charge in [0.2, 0.25) is 0 Å². The van der Waals surface area contributed by atoms with E-state index in [0.29, 0.717) is 24.2 Å². The van der Waals surface area contributed by atoms with Gasteiger partial charge in [-0.25, -0.2) is 4.79 Å². The van der Waals surface area contributed by atoms with Crippen molar-refractivity contribution in [2.24, 2.45) is 0 Å². The molecule has 0 aliphatic heterocycles. The second-order valence-corrected chi connectivity index (χ2v) is 7.25. The summed E-state index contributed by atoms with van der Waals surface area (Å²) in [6.07, 6.45) is 6.25. The van der Waals surface area contributed by atoms with Gasteiger partial charge in [0.15, 0.2) is 0 Å². The molecule has 4 nitrogen and oxygen atoms in total. The Hall–Kier alpha value is -1.52. The lowest BCUT2D eigenvalue weighted by Gasteiger charge is -2.37. The molecule has 0 saturated heterocycles. The van der Waals surface area contributed by atoms with Gasteiger partial charge in [-0.15, -0.1) is 12.4 Å². The van der Waals surface area contributed by atoms with Crippen LogP contribution < -0.4 is 5.63 Å². The van der Waals surface area contributed by atoms with Crippen molar-refractivity contribution in [2.45, 2.75) is 71.5 Å². The first-order chi connectivity index (χ1) is 11.5. The number of halogens is 1. The fourth-order valence-electron chi connectivity index (χ4n) is 3.91. The zero-order valence-electron chi connectivity index (χ0n) is 15.2. The van der Waals surface area contributed by atoms with Crippen LogP contribution in [0.1, 0.15) is 57.1 Å². The molecule has 0 radical (unpaired) electrons. The van der Waals surface area contributed by atoms with E-state index >= 15 is 0 Å². The van der Waals surface area contributed by atoms with E-state index in [1.54, 1.807) is 6.07 Å². The summed E-state index contributed by atoms with van der Waals surface area (Å²) in [7, 11) is 0. The van der Waals surface area contributed by atoms with Gasteiger partial charge in [-0.05, 0) is 51.3 Å². The van der Waals surface area contributed by atoms with E-state index in [0.717, 1.165) is 16.5 Å². The van der Waals surface area contributed by atoms with Crippen molar-refractivity contribution in [1.82, 2.24) is 4.90 Å². The first-order valence-electron chi connectivity index (χ1n) is 8.98. The van der Waals surface area contributed by atoms with Crippen LogP contribution >= 0.6 is 12.4 Å². The highest BCUT2D eigenvalue weighted by atomic mass is 35.5. The molecule has 1 aliphatic carbocycles. The molecule has 1 aromatic heterocycles. The second-order valence-electron chi connectivity index (χ2n) is 7.25. The zero-order chi connectivity index (χ0) is 17.3. The van der Waals surface area contributed by atoms with Crippen molar-refractivity contribution in [3.63, 3.8) is 0 Å². The van der Waals surface area contributed by atoms with Gasteiger partial charge in [-0.3, -0.25) is 4.90 Å². The predicted octanol–water partition coefficient (Wildman–Crippen LogP) is 4.77. The molecule has 25 heavy (non-hydrogen) atoms. The molecular formula is C20H28ClNO3. The summed E-state index contributed by atoms with van der Waals surface area (Å²) in [5.41, 5.74) is 1.78. The summed E-state index contributed by atoms with van der Waals surface area (Å²) >= 11 is 0. The summed E-state index contributed by atoms with van der Waals surface area (Å²) in [5.74, 6) is 0.206. The topological polar surface area (TPSA) is 53.7 Å². The Morgan fingerprint density at radius 3 is 2.56 bits per heavy atom. The first kappa shape index (κ1) is 19.8. The number of hydrogen-bond acceptors (Lipinski definition) is 4. The minimum Gasteiger partial charge on any atom is -0.507 e. The number of rotatable bonds is 4. The molecular weight excluding hydrogens is 338 g/mol. The average Bonchev–Trinajstić information content (AvgIpc) is 2.54. The summed E-state index contributed by atoms with van der Waals surface area (Å²) < 4.78 is 5.48. The van der Waals surface area contributed by atoms with Gasteiger partial charge in [0.25, 0.3) is 0 Å². The third kappa shape index (κ3) is 4.18. The third-order valence-electron chi connectivity index (χ3n) is 5.25. The Balaban J connectivity index is 0.00000225. The summed E-state index contributed by atoms with van der Waals surface area (Å²) in [4.78, 5) is 14.3. The van der Waals surface area contributed by atoms with Gasteiger partial charge in [0, 0.05) is 30.1 Å². The van der Waals surface area contributed by atoms with Crippen LogP contribution in [-0.2, 0) is 6.54 Å². The highest BCUT2D eigenvalue weighted by molar-refractivity contribution is 5.85. The van der Waals surface area contributed by atoms with Crippen molar-refractivity contribution >= 4 is 23.4 Å². The van der Waals surface area contributed by atoms with Gasteiger partial charge in [-0.2, -0.15) is 0 Å². The van der Waals surface area contributed by atoms with Crippen molar-refractivity contribution in [2.75, 3.05) is 0 Å². The van der Waals surface area contributed by atoms with Crippen LogP contribution in [-0.4, -0.2) is 22.1 Å². The molecule has 2 aromatic rings. The Kier molecular flexibility index (Phi) is 6.53. The van der Waals surface area contributed by atoms with Crippen molar-refractivity contribution in [1.29, 1.82) is 0 Å². The van der Waals surface area contributed by atoms with Crippen LogP contribution in [0.15, 0.2) is 27.4 Å². The minimum absolute atomic E-state index is 0. The van der Waals surface area contributed by atoms with Gasteiger partial charge in [-0.1, -0.05) is 19.3 Å². The number of nitrogens with zero attached hydrogens (tertiary/aromatic N) is 1. The molecule has 1 aliphatic rings. The Labute approximate surface area is 155 Å². The van der Waals surface area contributed by atoms with E-state index in [2.05, 4.69) is 18.7 Å². The molecule has 5 heteroatoms. The van der Waals surface area contributed by atoms with Crippen LogP contribution in [0.25, 0.3) is 11.0 Å². The number of phenols is 1. The molecule has 1 saturated carbocycles. The third-order valence-corrected chi connectivity index (χ3v) is 5.25. The van der Waals surface area contributed by atoms with Gasteiger partial charge in [0.05, 0.1) is 5.56 Å². The highest BCUT2D eigenvalue weighted by Gasteiger charge is 2.25. The predicted molar refractivity (Wildman–Crippen MR) is 104 cm³/mol. The number of hydrogen-bond donors (Lipinski definition) is 1. The standard InChI is InChI=1S/C20H27NO3.ClH/c1-13(2)21(15-7-5-4-6-8-15)12-17-18(22)10-9-16-14(3)11-19(23)24-20(16)17;/h9-11,13,15,22H,4-8,12H2,1-3H3;1H. The van der Waals surface area contributed by atoms with Crippen LogP contribution in [0.4, 0.5) is 0 Å². The highest BCUT2D eigenvalue weighted by Crippen LogP contribution is 2.32.